The highest BCUT2D eigenvalue weighted by Crippen LogP contribution is 2.61. The summed E-state index contributed by atoms with van der Waals surface area (Å²) in [5.74, 6) is 0. The maximum atomic E-state index is 2.59. The molecule has 0 saturated heterocycles. The van der Waals surface area contributed by atoms with Gasteiger partial charge in [0.1, 0.15) is 0 Å². The second-order valence-electron chi connectivity index (χ2n) is 16.7. The van der Waals surface area contributed by atoms with E-state index < -0.39 is 0 Å². The molecule has 0 aliphatic carbocycles. The van der Waals surface area contributed by atoms with Gasteiger partial charge < -0.3 is 4.90 Å². The second-order valence-corrected chi connectivity index (χ2v) is 16.7. The van der Waals surface area contributed by atoms with Gasteiger partial charge in [-0.15, -0.1) is 0 Å². The van der Waals surface area contributed by atoms with Gasteiger partial charge in [0.25, 0.3) is 0 Å². The molecule has 2 aliphatic rings. The lowest BCUT2D eigenvalue weighted by molar-refractivity contribution is 0.598. The van der Waals surface area contributed by atoms with E-state index in [1.54, 1.807) is 0 Å². The van der Waals surface area contributed by atoms with E-state index in [-0.39, 0.29) is 10.8 Å². The normalized spacial score (nSPS) is 14.8. The lowest BCUT2D eigenvalue weighted by Crippen LogP contribution is -2.38. The summed E-state index contributed by atoms with van der Waals surface area (Å²) in [6.07, 6.45) is 0. The average molecular weight is 704 g/mol. The minimum absolute atomic E-state index is 0.256. The van der Waals surface area contributed by atoms with Crippen LogP contribution in [-0.2, 0) is 10.8 Å². The van der Waals surface area contributed by atoms with Crippen molar-refractivity contribution in [2.45, 2.75) is 38.5 Å². The first kappa shape index (κ1) is 32.0. The maximum Gasteiger partial charge on any atom is 0.0544 e. The van der Waals surface area contributed by atoms with Crippen LogP contribution >= 0.6 is 0 Å². The van der Waals surface area contributed by atoms with E-state index in [0.717, 1.165) is 0 Å². The Morgan fingerprint density at radius 2 is 0.600 bits per heavy atom. The highest BCUT2D eigenvalue weighted by Gasteiger charge is 2.46. The van der Waals surface area contributed by atoms with Gasteiger partial charge in [-0.25, -0.2) is 0 Å². The van der Waals surface area contributed by atoms with Crippen LogP contribution in [0.5, 0.6) is 0 Å². The summed E-state index contributed by atoms with van der Waals surface area (Å²) in [6, 6.07) is 66.0. The molecular weight excluding hydrogens is 663 g/mol. The maximum absolute atomic E-state index is 2.59. The predicted molar refractivity (Wildman–Crippen MR) is 234 cm³/mol. The number of hydrogen-bond donors (Lipinski definition) is 0. The van der Waals surface area contributed by atoms with Crippen LogP contribution < -0.4 is 4.90 Å². The molecule has 0 unspecified atom stereocenters. The van der Waals surface area contributed by atoms with Crippen LogP contribution in [0, 0.1) is 0 Å². The Labute approximate surface area is 323 Å². The summed E-state index contributed by atoms with van der Waals surface area (Å²) in [7, 11) is 0. The Kier molecular flexibility index (Phi) is 6.72. The van der Waals surface area contributed by atoms with Gasteiger partial charge in [-0.3, -0.25) is 0 Å². The third kappa shape index (κ3) is 4.79. The van der Waals surface area contributed by atoms with E-state index in [9.17, 15) is 0 Å². The molecule has 9 aromatic rings. The van der Waals surface area contributed by atoms with Crippen molar-refractivity contribution in [2.75, 3.05) is 4.90 Å². The Morgan fingerprint density at radius 3 is 1.00 bits per heavy atom. The highest BCUT2D eigenvalue weighted by molar-refractivity contribution is 5.97. The predicted octanol–water partition coefficient (Wildman–Crippen LogP) is 14.9. The minimum atomic E-state index is -0.256. The van der Waals surface area contributed by atoms with Crippen LogP contribution in [-0.4, -0.2) is 0 Å². The molecule has 0 fully saturated rings. The Balaban J connectivity index is 1.15. The van der Waals surface area contributed by atoms with Gasteiger partial charge in [0, 0.05) is 10.8 Å². The number of nitrogens with zero attached hydrogens (tertiary/aromatic N) is 1. The zero-order valence-corrected chi connectivity index (χ0v) is 31.7. The molecule has 2 aliphatic heterocycles. The Hall–Kier alpha value is -6.44. The largest absolute Gasteiger partial charge is 0.309 e. The molecule has 55 heavy (non-hydrogen) atoms. The van der Waals surface area contributed by atoms with Crippen LogP contribution in [0.15, 0.2) is 176 Å². The smallest absolute Gasteiger partial charge is 0.0544 e. The molecule has 1 heteroatoms. The van der Waals surface area contributed by atoms with Gasteiger partial charge in [0.05, 0.1) is 17.1 Å². The molecule has 0 atom stereocenters. The zero-order valence-electron chi connectivity index (χ0n) is 31.7. The van der Waals surface area contributed by atoms with Gasteiger partial charge in [-0.05, 0) is 143 Å². The second kappa shape index (κ2) is 11.5. The number of fused-ring (bicyclic) bond motifs is 7. The van der Waals surface area contributed by atoms with Gasteiger partial charge in [0.15, 0.2) is 0 Å². The van der Waals surface area contributed by atoms with Crippen molar-refractivity contribution in [1.29, 1.82) is 0 Å². The molecule has 2 heterocycles. The lowest BCUT2D eigenvalue weighted by atomic mass is 9.65. The average Bonchev–Trinajstić information content (AvgIpc) is 3.22. The quantitative estimate of drug-likeness (QED) is 0.177. The van der Waals surface area contributed by atoms with Crippen molar-refractivity contribution in [3.63, 3.8) is 0 Å². The van der Waals surface area contributed by atoms with Crippen molar-refractivity contribution >= 4 is 49.4 Å². The molecular formula is C54H41N. The van der Waals surface area contributed by atoms with Crippen LogP contribution in [0.4, 0.5) is 17.1 Å². The summed E-state index contributed by atoms with van der Waals surface area (Å²) in [6.45, 7) is 9.72. The van der Waals surface area contributed by atoms with Crippen molar-refractivity contribution in [1.82, 2.24) is 0 Å². The van der Waals surface area contributed by atoms with Crippen molar-refractivity contribution in [3.8, 4) is 33.4 Å². The van der Waals surface area contributed by atoms with Gasteiger partial charge >= 0.3 is 0 Å². The molecule has 0 aromatic heterocycles. The zero-order chi connectivity index (χ0) is 37.1. The third-order valence-corrected chi connectivity index (χ3v) is 12.8. The van der Waals surface area contributed by atoms with Crippen LogP contribution in [0.2, 0.25) is 0 Å². The lowest BCUT2D eigenvalue weighted by Gasteiger charge is -2.50. The van der Waals surface area contributed by atoms with Gasteiger partial charge in [-0.2, -0.15) is 0 Å². The number of benzene rings is 9. The molecule has 0 saturated carbocycles. The van der Waals surface area contributed by atoms with Crippen LogP contribution in [0.1, 0.15) is 49.9 Å². The molecule has 262 valence electrons. The molecule has 0 bridgehead atoms. The molecule has 1 nitrogen and oxygen atoms in total. The molecule has 11 rings (SSSR count). The number of rotatable bonds is 3. The van der Waals surface area contributed by atoms with Gasteiger partial charge in [0.2, 0.25) is 0 Å². The monoisotopic (exact) mass is 703 g/mol. The highest BCUT2D eigenvalue weighted by atomic mass is 15.2. The molecule has 0 spiro atoms. The van der Waals surface area contributed by atoms with E-state index in [1.807, 2.05) is 0 Å². The van der Waals surface area contributed by atoms with Crippen molar-refractivity contribution < 1.29 is 0 Å². The third-order valence-electron chi connectivity index (χ3n) is 12.8. The van der Waals surface area contributed by atoms with Gasteiger partial charge in [-0.1, -0.05) is 149 Å². The fraction of sp³-hybridized carbons (Fsp3) is 0.111. The van der Waals surface area contributed by atoms with E-state index in [0.29, 0.717) is 0 Å². The van der Waals surface area contributed by atoms with Crippen molar-refractivity contribution in [2.24, 2.45) is 0 Å². The van der Waals surface area contributed by atoms with Crippen molar-refractivity contribution in [3.05, 3.63) is 198 Å². The van der Waals surface area contributed by atoms with E-state index in [1.165, 1.54) is 105 Å². The topological polar surface area (TPSA) is 3.24 Å². The first-order valence-corrected chi connectivity index (χ1v) is 19.5. The van der Waals surface area contributed by atoms with E-state index >= 15 is 0 Å². The fourth-order valence-corrected chi connectivity index (χ4v) is 9.58. The summed E-state index contributed by atoms with van der Waals surface area (Å²) in [4.78, 5) is 2.59. The Bertz CT molecular complexity index is 2890. The summed E-state index contributed by atoms with van der Waals surface area (Å²) in [5.41, 5.74) is 16.3. The summed E-state index contributed by atoms with van der Waals surface area (Å²) < 4.78 is 0. The molecule has 9 aromatic carbocycles. The molecule has 0 N–H and O–H groups in total. The van der Waals surface area contributed by atoms with Crippen LogP contribution in [0.3, 0.4) is 0 Å². The summed E-state index contributed by atoms with van der Waals surface area (Å²) >= 11 is 0. The standard InChI is InChI=1S/C54H41N/c1-53(2)46-30-43(40-20-17-34-11-5-8-14-37(34)27-40)23-25-50(46)55-51-26-24-44(41-21-18-35-12-6-9-15-38(35)28-41)31-47(51)54(3,4)49-33-45(32-48(53)52(49)55)42-22-19-36-13-7-10-16-39(36)29-42/h5-33H,1-4H3. The minimum Gasteiger partial charge on any atom is -0.309 e. The number of hydrogen-bond acceptors (Lipinski definition) is 1. The first-order valence-electron chi connectivity index (χ1n) is 19.5. The van der Waals surface area contributed by atoms with E-state index in [4.69, 9.17) is 0 Å². The summed E-state index contributed by atoms with van der Waals surface area (Å²) in [5, 5.41) is 7.60. The first-order chi connectivity index (χ1) is 26.7. The molecule has 0 amide bonds. The Morgan fingerprint density at radius 1 is 0.291 bits per heavy atom. The van der Waals surface area contributed by atoms with Crippen LogP contribution in [0.25, 0.3) is 65.7 Å². The fourth-order valence-electron chi connectivity index (χ4n) is 9.58. The SMILES string of the molecule is CC1(C)c2cc(-c3ccc4ccccc4c3)ccc2N2c3ccc(-c4ccc5ccccc5c4)cc3C(C)(C)c3cc(-c4ccc5ccccc5c4)cc1c32. The van der Waals surface area contributed by atoms with E-state index in [2.05, 4.69) is 209 Å². The number of anilines is 3. The molecule has 0 radical (unpaired) electrons.